The Balaban J connectivity index is 2.23. The number of pyridine rings is 1. The average molecular weight is 318 g/mol. The smallest absolute Gasteiger partial charge is 0.157 e. The van der Waals surface area contributed by atoms with Crippen molar-refractivity contribution >= 4 is 22.5 Å². The van der Waals surface area contributed by atoms with Crippen molar-refractivity contribution in [3.8, 4) is 6.07 Å². The van der Waals surface area contributed by atoms with Gasteiger partial charge in [-0.3, -0.25) is 4.40 Å². The van der Waals surface area contributed by atoms with Crippen LogP contribution in [0, 0.1) is 18.3 Å². The van der Waals surface area contributed by atoms with Crippen LogP contribution in [-0.4, -0.2) is 22.5 Å². The van der Waals surface area contributed by atoms with Crippen LogP contribution in [0.1, 0.15) is 49.3 Å². The molecule has 0 unspecified atom stereocenters. The number of anilines is 1. The van der Waals surface area contributed by atoms with E-state index in [2.05, 4.69) is 42.2 Å². The van der Waals surface area contributed by atoms with Gasteiger partial charge in [-0.1, -0.05) is 26.0 Å². The first kappa shape index (κ1) is 15.0. The summed E-state index contributed by atoms with van der Waals surface area (Å²) >= 11 is 0. The summed E-state index contributed by atoms with van der Waals surface area (Å²) in [6.45, 7) is 8.66. The lowest BCUT2D eigenvalue weighted by atomic mass is 9.95. The van der Waals surface area contributed by atoms with Crippen LogP contribution in [-0.2, 0) is 0 Å². The van der Waals surface area contributed by atoms with E-state index in [0.717, 1.165) is 35.3 Å². The van der Waals surface area contributed by atoms with Crippen molar-refractivity contribution in [1.82, 2.24) is 9.38 Å². The molecule has 4 nitrogen and oxygen atoms in total. The number of benzene rings is 1. The number of nitriles is 1. The summed E-state index contributed by atoms with van der Waals surface area (Å²) in [5, 5.41) is 9.79. The molecule has 0 radical (unpaired) electrons. The van der Waals surface area contributed by atoms with Crippen LogP contribution in [0.4, 0.5) is 5.82 Å². The molecule has 1 aliphatic heterocycles. The lowest BCUT2D eigenvalue weighted by molar-refractivity contribution is 0.814. The number of hydrogen-bond acceptors (Lipinski definition) is 3. The van der Waals surface area contributed by atoms with Crippen molar-refractivity contribution in [1.29, 1.82) is 5.26 Å². The van der Waals surface area contributed by atoms with Gasteiger partial charge in [-0.25, -0.2) is 4.98 Å². The molecule has 0 saturated carbocycles. The van der Waals surface area contributed by atoms with Crippen LogP contribution in [0.3, 0.4) is 0 Å². The summed E-state index contributed by atoms with van der Waals surface area (Å²) in [5.74, 6) is 1.60. The zero-order chi connectivity index (χ0) is 16.8. The van der Waals surface area contributed by atoms with Crippen molar-refractivity contribution in [3.63, 3.8) is 0 Å². The van der Waals surface area contributed by atoms with Gasteiger partial charge < -0.3 is 4.90 Å². The van der Waals surface area contributed by atoms with Crippen molar-refractivity contribution in [3.05, 3.63) is 41.0 Å². The fraction of sp³-hybridized carbons (Fsp3) is 0.400. The summed E-state index contributed by atoms with van der Waals surface area (Å²) in [4.78, 5) is 7.27. The minimum atomic E-state index is 0.360. The molecule has 4 rings (SSSR count). The normalized spacial score (nSPS) is 14.9. The number of nitrogens with zero attached hydrogens (tertiary/aromatic N) is 4. The van der Waals surface area contributed by atoms with Crippen LogP contribution in [0.2, 0.25) is 0 Å². The molecule has 1 aromatic carbocycles. The molecule has 24 heavy (non-hydrogen) atoms. The number of para-hydroxylation sites is 2. The molecule has 0 bridgehead atoms. The lowest BCUT2D eigenvalue weighted by Gasteiger charge is -2.27. The summed E-state index contributed by atoms with van der Waals surface area (Å²) < 4.78 is 2.22. The minimum Gasteiger partial charge on any atom is -0.357 e. The highest BCUT2D eigenvalue weighted by Crippen LogP contribution is 2.38. The van der Waals surface area contributed by atoms with E-state index < -0.39 is 0 Å². The van der Waals surface area contributed by atoms with E-state index in [-0.39, 0.29) is 0 Å². The van der Waals surface area contributed by atoms with Crippen LogP contribution in [0.25, 0.3) is 16.7 Å². The molecule has 0 atom stereocenters. The monoisotopic (exact) mass is 318 g/mol. The van der Waals surface area contributed by atoms with E-state index in [9.17, 15) is 5.26 Å². The van der Waals surface area contributed by atoms with Gasteiger partial charge in [0.15, 0.2) is 5.65 Å². The Morgan fingerprint density at radius 2 is 1.88 bits per heavy atom. The Bertz CT molecular complexity index is 969. The number of imidazole rings is 1. The van der Waals surface area contributed by atoms with E-state index in [1.165, 1.54) is 24.2 Å². The summed E-state index contributed by atoms with van der Waals surface area (Å²) in [7, 11) is 0. The van der Waals surface area contributed by atoms with Crippen molar-refractivity contribution in [2.45, 2.75) is 39.5 Å². The fourth-order valence-corrected chi connectivity index (χ4v) is 4.06. The van der Waals surface area contributed by atoms with Crippen molar-refractivity contribution in [2.24, 2.45) is 0 Å². The SMILES string of the molecule is Cc1c(C(C)C)c(N2CCCC2)n2c(nc3ccccc32)c1C#N. The largest absolute Gasteiger partial charge is 0.357 e. The van der Waals surface area contributed by atoms with Gasteiger partial charge in [-0.15, -0.1) is 0 Å². The minimum absolute atomic E-state index is 0.360. The van der Waals surface area contributed by atoms with Crippen LogP contribution >= 0.6 is 0 Å². The Labute approximate surface area is 142 Å². The molecule has 1 saturated heterocycles. The summed E-state index contributed by atoms with van der Waals surface area (Å²) in [6, 6.07) is 10.6. The molecule has 4 heteroatoms. The van der Waals surface area contributed by atoms with E-state index in [4.69, 9.17) is 4.98 Å². The predicted molar refractivity (Wildman–Crippen MR) is 97.7 cm³/mol. The molecule has 3 aromatic rings. The topological polar surface area (TPSA) is 44.3 Å². The maximum atomic E-state index is 9.79. The van der Waals surface area contributed by atoms with E-state index in [0.29, 0.717) is 11.5 Å². The Morgan fingerprint density at radius 3 is 2.54 bits per heavy atom. The first-order chi connectivity index (χ1) is 11.6. The maximum absolute atomic E-state index is 9.79. The molecular weight excluding hydrogens is 296 g/mol. The molecule has 0 amide bonds. The number of aromatic nitrogens is 2. The van der Waals surface area contributed by atoms with Gasteiger partial charge >= 0.3 is 0 Å². The van der Waals surface area contributed by atoms with Gasteiger partial charge in [0.1, 0.15) is 11.9 Å². The molecule has 122 valence electrons. The van der Waals surface area contributed by atoms with E-state index in [1.54, 1.807) is 0 Å². The van der Waals surface area contributed by atoms with Gasteiger partial charge in [0.2, 0.25) is 0 Å². The van der Waals surface area contributed by atoms with Gasteiger partial charge in [0.05, 0.1) is 16.6 Å². The van der Waals surface area contributed by atoms with Gasteiger partial charge in [-0.2, -0.15) is 5.26 Å². The molecule has 0 aliphatic carbocycles. The second-order valence-corrected chi connectivity index (χ2v) is 6.96. The summed E-state index contributed by atoms with van der Waals surface area (Å²) in [5.41, 5.74) is 5.91. The molecule has 2 aromatic heterocycles. The Hall–Kier alpha value is -2.54. The molecule has 0 N–H and O–H groups in total. The van der Waals surface area contributed by atoms with Crippen molar-refractivity contribution in [2.75, 3.05) is 18.0 Å². The third-order valence-electron chi connectivity index (χ3n) is 5.11. The molecular formula is C20H22N4. The highest BCUT2D eigenvalue weighted by Gasteiger charge is 2.26. The van der Waals surface area contributed by atoms with Crippen LogP contribution in [0.15, 0.2) is 24.3 Å². The standard InChI is InChI=1S/C20H22N4/c1-13(2)18-14(3)15(12-21)19-22-16-8-4-5-9-17(16)24(19)20(18)23-10-6-7-11-23/h4-5,8-9,13H,6-7,10-11H2,1-3H3. The van der Waals surface area contributed by atoms with E-state index in [1.807, 2.05) is 18.2 Å². The predicted octanol–water partition coefficient (Wildman–Crippen LogP) is 4.39. The highest BCUT2D eigenvalue weighted by molar-refractivity contribution is 5.86. The quantitative estimate of drug-likeness (QED) is 0.704. The fourth-order valence-electron chi connectivity index (χ4n) is 4.06. The third kappa shape index (κ3) is 2.01. The van der Waals surface area contributed by atoms with Crippen LogP contribution in [0.5, 0.6) is 0 Å². The zero-order valence-corrected chi connectivity index (χ0v) is 14.5. The molecule has 3 heterocycles. The van der Waals surface area contributed by atoms with E-state index >= 15 is 0 Å². The maximum Gasteiger partial charge on any atom is 0.157 e. The Morgan fingerprint density at radius 1 is 1.17 bits per heavy atom. The molecule has 1 aliphatic rings. The first-order valence-electron chi connectivity index (χ1n) is 8.72. The number of fused-ring (bicyclic) bond motifs is 3. The Kier molecular flexibility index (Phi) is 3.45. The molecule has 0 spiro atoms. The van der Waals surface area contributed by atoms with Gasteiger partial charge in [-0.05, 0) is 43.4 Å². The number of rotatable bonds is 2. The van der Waals surface area contributed by atoms with Crippen molar-refractivity contribution < 1.29 is 0 Å². The second kappa shape index (κ2) is 5.52. The zero-order valence-electron chi connectivity index (χ0n) is 14.5. The summed E-state index contributed by atoms with van der Waals surface area (Å²) in [6.07, 6.45) is 2.45. The van der Waals surface area contributed by atoms with Crippen LogP contribution < -0.4 is 4.90 Å². The lowest BCUT2D eigenvalue weighted by Crippen LogP contribution is -2.24. The first-order valence-corrected chi connectivity index (χ1v) is 8.72. The average Bonchev–Trinajstić information content (AvgIpc) is 3.21. The highest BCUT2D eigenvalue weighted by atomic mass is 15.2. The second-order valence-electron chi connectivity index (χ2n) is 6.96. The molecule has 1 fully saturated rings. The number of hydrogen-bond donors (Lipinski definition) is 0. The third-order valence-corrected chi connectivity index (χ3v) is 5.11. The van der Waals surface area contributed by atoms with Gasteiger partial charge in [0, 0.05) is 18.7 Å². The van der Waals surface area contributed by atoms with Gasteiger partial charge in [0.25, 0.3) is 0 Å².